The minimum absolute atomic E-state index is 0.269. The van der Waals surface area contributed by atoms with Crippen LogP contribution in [-0.4, -0.2) is 0 Å². The lowest BCUT2D eigenvalue weighted by Crippen LogP contribution is -2.14. The van der Waals surface area contributed by atoms with Gasteiger partial charge in [-0.2, -0.15) is 0 Å². The van der Waals surface area contributed by atoms with Crippen molar-refractivity contribution in [1.29, 1.82) is 0 Å². The standard InChI is InChI=1S/C18H18O2/c1-3-19-17(15-11-7-5-8-12-15)18(20-4-2)16-13-9-6-10-14-16/h3-14,17-18H,1-2H2/t17-,18+. The molecule has 20 heavy (non-hydrogen) atoms. The average Bonchev–Trinajstić information content (AvgIpc) is 2.52. The van der Waals surface area contributed by atoms with E-state index in [0.717, 1.165) is 11.1 Å². The summed E-state index contributed by atoms with van der Waals surface area (Å²) in [5.74, 6) is 0. The zero-order chi connectivity index (χ0) is 14.2. The molecule has 0 radical (unpaired) electrons. The highest BCUT2D eigenvalue weighted by molar-refractivity contribution is 5.25. The minimum Gasteiger partial charge on any atom is -0.490 e. The largest absolute Gasteiger partial charge is 0.490 e. The van der Waals surface area contributed by atoms with Crippen LogP contribution in [-0.2, 0) is 9.47 Å². The van der Waals surface area contributed by atoms with Crippen molar-refractivity contribution in [3.63, 3.8) is 0 Å². The summed E-state index contributed by atoms with van der Waals surface area (Å²) in [5.41, 5.74) is 2.06. The Morgan fingerprint density at radius 3 is 1.30 bits per heavy atom. The summed E-state index contributed by atoms with van der Waals surface area (Å²) in [5, 5.41) is 0. The van der Waals surface area contributed by atoms with Crippen molar-refractivity contribution in [3.05, 3.63) is 97.5 Å². The lowest BCUT2D eigenvalue weighted by molar-refractivity contribution is -0.00297. The quantitative estimate of drug-likeness (QED) is 0.671. The number of ether oxygens (including phenoxy) is 2. The van der Waals surface area contributed by atoms with E-state index in [1.165, 1.54) is 12.5 Å². The monoisotopic (exact) mass is 266 g/mol. The third-order valence-corrected chi connectivity index (χ3v) is 3.02. The van der Waals surface area contributed by atoms with Crippen molar-refractivity contribution in [2.75, 3.05) is 0 Å². The minimum atomic E-state index is -0.269. The maximum Gasteiger partial charge on any atom is 0.164 e. The first-order valence-electron chi connectivity index (χ1n) is 6.49. The van der Waals surface area contributed by atoms with E-state index in [1.54, 1.807) is 0 Å². The average molecular weight is 266 g/mol. The van der Waals surface area contributed by atoms with E-state index in [4.69, 9.17) is 9.47 Å². The Morgan fingerprint density at radius 2 is 1.00 bits per heavy atom. The molecule has 0 bridgehead atoms. The van der Waals surface area contributed by atoms with Gasteiger partial charge < -0.3 is 9.47 Å². The van der Waals surface area contributed by atoms with Crippen LogP contribution in [0.4, 0.5) is 0 Å². The molecule has 0 aliphatic carbocycles. The molecule has 0 saturated heterocycles. The second kappa shape index (κ2) is 7.19. The molecular formula is C18H18O2. The highest BCUT2D eigenvalue weighted by Gasteiger charge is 2.26. The van der Waals surface area contributed by atoms with Gasteiger partial charge in [0.15, 0.2) is 12.2 Å². The van der Waals surface area contributed by atoms with Gasteiger partial charge in [0, 0.05) is 0 Å². The molecule has 0 N–H and O–H groups in total. The molecule has 2 atom stereocenters. The van der Waals surface area contributed by atoms with E-state index in [0.29, 0.717) is 0 Å². The molecule has 0 spiro atoms. The molecule has 0 aromatic heterocycles. The lowest BCUT2D eigenvalue weighted by atomic mass is 9.98. The van der Waals surface area contributed by atoms with Crippen molar-refractivity contribution in [1.82, 2.24) is 0 Å². The van der Waals surface area contributed by atoms with Crippen LogP contribution >= 0.6 is 0 Å². The molecule has 102 valence electrons. The number of hydrogen-bond acceptors (Lipinski definition) is 2. The molecule has 0 aliphatic rings. The maximum atomic E-state index is 5.69. The van der Waals surface area contributed by atoms with Gasteiger partial charge in [-0.3, -0.25) is 0 Å². The van der Waals surface area contributed by atoms with Crippen LogP contribution in [0, 0.1) is 0 Å². The zero-order valence-electron chi connectivity index (χ0n) is 11.3. The van der Waals surface area contributed by atoms with E-state index in [9.17, 15) is 0 Å². The zero-order valence-corrected chi connectivity index (χ0v) is 11.3. The molecule has 0 aliphatic heterocycles. The second-order valence-corrected chi connectivity index (χ2v) is 4.27. The maximum absolute atomic E-state index is 5.69. The van der Waals surface area contributed by atoms with Crippen molar-refractivity contribution in [2.24, 2.45) is 0 Å². The first-order chi connectivity index (χ1) is 9.86. The molecule has 0 unspecified atom stereocenters. The van der Waals surface area contributed by atoms with Crippen LogP contribution in [0.25, 0.3) is 0 Å². The molecule has 0 amide bonds. The molecule has 2 aromatic rings. The van der Waals surface area contributed by atoms with Crippen molar-refractivity contribution in [3.8, 4) is 0 Å². The van der Waals surface area contributed by atoms with Crippen LogP contribution in [0.3, 0.4) is 0 Å². The molecule has 2 nitrogen and oxygen atoms in total. The molecule has 0 heterocycles. The normalized spacial score (nSPS) is 13.0. The second-order valence-electron chi connectivity index (χ2n) is 4.27. The third kappa shape index (κ3) is 3.29. The van der Waals surface area contributed by atoms with Crippen molar-refractivity contribution < 1.29 is 9.47 Å². The summed E-state index contributed by atoms with van der Waals surface area (Å²) in [6.45, 7) is 7.32. The molecular weight excluding hydrogens is 248 g/mol. The smallest absolute Gasteiger partial charge is 0.164 e. The highest BCUT2D eigenvalue weighted by Crippen LogP contribution is 2.35. The van der Waals surface area contributed by atoms with Gasteiger partial charge in [-0.25, -0.2) is 0 Å². The predicted molar refractivity (Wildman–Crippen MR) is 80.9 cm³/mol. The fraction of sp³-hybridized carbons (Fsp3) is 0.111. The summed E-state index contributed by atoms with van der Waals surface area (Å²) >= 11 is 0. The fourth-order valence-corrected chi connectivity index (χ4v) is 2.14. The number of benzene rings is 2. The third-order valence-electron chi connectivity index (χ3n) is 3.02. The highest BCUT2D eigenvalue weighted by atomic mass is 16.5. The predicted octanol–water partition coefficient (Wildman–Crippen LogP) is 4.79. The summed E-state index contributed by atoms with van der Waals surface area (Å²) < 4.78 is 11.4. The Morgan fingerprint density at radius 1 is 0.650 bits per heavy atom. The molecule has 2 rings (SSSR count). The van der Waals surface area contributed by atoms with Crippen LogP contribution < -0.4 is 0 Å². The van der Waals surface area contributed by atoms with Gasteiger partial charge in [0.25, 0.3) is 0 Å². The van der Waals surface area contributed by atoms with Gasteiger partial charge in [0.2, 0.25) is 0 Å². The van der Waals surface area contributed by atoms with Gasteiger partial charge >= 0.3 is 0 Å². The molecule has 0 saturated carbocycles. The first-order valence-corrected chi connectivity index (χ1v) is 6.49. The van der Waals surface area contributed by atoms with E-state index in [-0.39, 0.29) is 12.2 Å². The summed E-state index contributed by atoms with van der Waals surface area (Å²) in [4.78, 5) is 0. The topological polar surface area (TPSA) is 18.5 Å². The Balaban J connectivity index is 2.37. The van der Waals surface area contributed by atoms with Gasteiger partial charge in [-0.15, -0.1) is 0 Å². The van der Waals surface area contributed by atoms with E-state index >= 15 is 0 Å². The Hall–Kier alpha value is -2.48. The first kappa shape index (κ1) is 13.9. The van der Waals surface area contributed by atoms with Crippen LogP contribution in [0.1, 0.15) is 23.3 Å². The SMILES string of the molecule is C=CO[C@H](c1ccccc1)[C@@H](OC=C)c1ccccc1. The summed E-state index contributed by atoms with van der Waals surface area (Å²) in [7, 11) is 0. The van der Waals surface area contributed by atoms with Crippen LogP contribution in [0.2, 0.25) is 0 Å². The number of rotatable bonds is 7. The Kier molecular flexibility index (Phi) is 5.01. The van der Waals surface area contributed by atoms with Gasteiger partial charge in [0.1, 0.15) is 0 Å². The van der Waals surface area contributed by atoms with Gasteiger partial charge in [0.05, 0.1) is 12.5 Å². The molecule has 2 heteroatoms. The molecule has 2 aromatic carbocycles. The lowest BCUT2D eigenvalue weighted by Gasteiger charge is -2.26. The van der Waals surface area contributed by atoms with Crippen LogP contribution in [0.15, 0.2) is 86.3 Å². The van der Waals surface area contributed by atoms with Crippen molar-refractivity contribution in [2.45, 2.75) is 12.2 Å². The summed E-state index contributed by atoms with van der Waals surface area (Å²) in [6.07, 6.45) is 2.35. The Labute approximate surface area is 120 Å². The van der Waals surface area contributed by atoms with E-state index in [2.05, 4.69) is 13.2 Å². The fourth-order valence-electron chi connectivity index (χ4n) is 2.14. The van der Waals surface area contributed by atoms with Crippen molar-refractivity contribution >= 4 is 0 Å². The van der Waals surface area contributed by atoms with Gasteiger partial charge in [-0.1, -0.05) is 73.8 Å². The van der Waals surface area contributed by atoms with E-state index in [1.807, 2.05) is 60.7 Å². The number of hydrogen-bond donors (Lipinski definition) is 0. The van der Waals surface area contributed by atoms with E-state index < -0.39 is 0 Å². The molecule has 0 fully saturated rings. The summed E-state index contributed by atoms with van der Waals surface area (Å²) in [6, 6.07) is 19.9. The van der Waals surface area contributed by atoms with Crippen LogP contribution in [0.5, 0.6) is 0 Å². The Bertz CT molecular complexity index is 482. The van der Waals surface area contributed by atoms with Gasteiger partial charge in [-0.05, 0) is 11.1 Å².